The number of likely N-dealkylation sites (tertiary alicyclic amines) is 1. The van der Waals surface area contributed by atoms with E-state index in [0.29, 0.717) is 29.9 Å². The van der Waals surface area contributed by atoms with Crippen LogP contribution in [0.4, 0.5) is 0 Å². The van der Waals surface area contributed by atoms with Gasteiger partial charge in [-0.25, -0.2) is 0 Å². The number of fused-ring (bicyclic) bond motifs is 4. The molecule has 4 atom stereocenters. The van der Waals surface area contributed by atoms with Crippen molar-refractivity contribution in [3.05, 3.63) is 34.2 Å². The van der Waals surface area contributed by atoms with E-state index >= 15 is 0 Å². The minimum atomic E-state index is -0.921. The predicted octanol–water partition coefficient (Wildman–Crippen LogP) is 1.18. The molecule has 0 aliphatic carbocycles. The second kappa shape index (κ2) is 7.93. The highest BCUT2D eigenvalue weighted by Crippen LogP contribution is 2.34. The summed E-state index contributed by atoms with van der Waals surface area (Å²) in [5, 5.41) is 10.3. The first kappa shape index (κ1) is 17.8. The number of β-amino-alcohol motifs (C(OH)–C–C–N with tert-alkyl or cyclic N) is 1. The molecule has 3 rings (SSSR count). The van der Waals surface area contributed by atoms with Crippen LogP contribution in [0.5, 0.6) is 0 Å². The molecule has 0 radical (unpaired) electrons. The molecular weight excluding hydrogens is 324 g/mol. The summed E-state index contributed by atoms with van der Waals surface area (Å²) in [5.41, 5.74) is 1.23. The summed E-state index contributed by atoms with van der Waals surface area (Å²) in [7, 11) is -0.921. The van der Waals surface area contributed by atoms with Gasteiger partial charge in [-0.05, 0) is 24.8 Å². The Balaban J connectivity index is 1.59. The highest BCUT2D eigenvalue weighted by atomic mass is 32.2. The third-order valence-electron chi connectivity index (χ3n) is 5.13. The van der Waals surface area contributed by atoms with Gasteiger partial charge >= 0.3 is 0 Å². The number of hydrogen-bond donors (Lipinski definition) is 1. The van der Waals surface area contributed by atoms with Crippen LogP contribution in [0.2, 0.25) is 0 Å². The number of pyridine rings is 1. The normalized spacial score (nSPS) is 25.9. The van der Waals surface area contributed by atoms with Crippen molar-refractivity contribution in [3.8, 4) is 0 Å². The molecule has 4 unspecified atom stereocenters. The Morgan fingerprint density at radius 3 is 2.96 bits per heavy atom. The molecule has 5 nitrogen and oxygen atoms in total. The third-order valence-corrected chi connectivity index (χ3v) is 6.63. The lowest BCUT2D eigenvalue weighted by Crippen LogP contribution is -2.49. The van der Waals surface area contributed by atoms with Gasteiger partial charge in [0.2, 0.25) is 0 Å². The lowest BCUT2D eigenvalue weighted by molar-refractivity contribution is 0.0714. The molecule has 2 aliphatic heterocycles. The Bertz CT molecular complexity index is 645. The predicted molar refractivity (Wildman–Crippen MR) is 96.8 cm³/mol. The molecular formula is C18H28N2O3S. The lowest BCUT2D eigenvalue weighted by Gasteiger charge is -2.43. The molecule has 1 fully saturated rings. The average Bonchev–Trinajstić information content (AvgIpc) is 2.54. The van der Waals surface area contributed by atoms with Crippen LogP contribution in [0, 0.1) is 5.92 Å². The summed E-state index contributed by atoms with van der Waals surface area (Å²) in [4.78, 5) is 14.3. The van der Waals surface area contributed by atoms with Crippen molar-refractivity contribution in [1.29, 1.82) is 0 Å². The van der Waals surface area contributed by atoms with Crippen molar-refractivity contribution in [2.24, 2.45) is 5.92 Å². The summed E-state index contributed by atoms with van der Waals surface area (Å²) in [6.45, 7) is 5.24. The van der Waals surface area contributed by atoms with Gasteiger partial charge in [0.05, 0.1) is 11.9 Å². The molecule has 0 amide bonds. The van der Waals surface area contributed by atoms with E-state index in [4.69, 9.17) is 0 Å². The number of aliphatic hydroxyl groups excluding tert-OH is 1. The standard InChI is InChI=1S/C18H28N2O3S/c1-2-3-7-24(23)13-16(21)12-19-9-14-8-15(11-19)17-5-4-6-18(22)20(17)10-14/h4-6,14-16,21H,2-3,7-13H2,1H3. The molecule has 1 N–H and O–H groups in total. The molecule has 0 saturated carbocycles. The van der Waals surface area contributed by atoms with Gasteiger partial charge in [-0.3, -0.25) is 13.9 Å². The Hall–Kier alpha value is -0.980. The van der Waals surface area contributed by atoms with E-state index in [0.717, 1.165) is 44.6 Å². The Morgan fingerprint density at radius 1 is 1.33 bits per heavy atom. The Kier molecular flexibility index (Phi) is 5.89. The van der Waals surface area contributed by atoms with Crippen LogP contribution in [0.3, 0.4) is 0 Å². The van der Waals surface area contributed by atoms with Gasteiger partial charge in [-0.1, -0.05) is 19.4 Å². The largest absolute Gasteiger partial charge is 0.391 e. The zero-order chi connectivity index (χ0) is 17.1. The summed E-state index contributed by atoms with van der Waals surface area (Å²) in [5.74, 6) is 1.90. The fourth-order valence-corrected chi connectivity index (χ4v) is 5.41. The van der Waals surface area contributed by atoms with E-state index in [9.17, 15) is 14.1 Å². The topological polar surface area (TPSA) is 62.5 Å². The maximum Gasteiger partial charge on any atom is 0.250 e. The third kappa shape index (κ3) is 4.16. The maximum atomic E-state index is 12.0. The van der Waals surface area contributed by atoms with Gasteiger partial charge in [0, 0.05) is 60.4 Å². The van der Waals surface area contributed by atoms with Crippen molar-refractivity contribution in [3.63, 3.8) is 0 Å². The SMILES string of the molecule is CCCCS(=O)CC(O)CN1CC2CC(C1)c1cccc(=O)n1C2. The maximum absolute atomic E-state index is 12.0. The number of piperidine rings is 1. The van der Waals surface area contributed by atoms with Crippen LogP contribution in [-0.4, -0.2) is 56.0 Å². The average molecular weight is 353 g/mol. The molecule has 0 aromatic carbocycles. The van der Waals surface area contributed by atoms with Gasteiger partial charge in [0.25, 0.3) is 5.56 Å². The van der Waals surface area contributed by atoms with E-state index in [1.165, 1.54) is 0 Å². The van der Waals surface area contributed by atoms with Crippen LogP contribution in [-0.2, 0) is 17.3 Å². The van der Waals surface area contributed by atoms with Gasteiger partial charge in [-0.15, -0.1) is 0 Å². The quantitative estimate of drug-likeness (QED) is 0.800. The van der Waals surface area contributed by atoms with Crippen molar-refractivity contribution < 1.29 is 9.32 Å². The molecule has 2 aliphatic rings. The van der Waals surface area contributed by atoms with E-state index in [1.54, 1.807) is 6.07 Å². The summed E-state index contributed by atoms with van der Waals surface area (Å²) < 4.78 is 13.9. The van der Waals surface area contributed by atoms with Crippen LogP contribution in [0.25, 0.3) is 0 Å². The smallest absolute Gasteiger partial charge is 0.250 e. The fraction of sp³-hybridized carbons (Fsp3) is 0.722. The Morgan fingerprint density at radius 2 is 2.17 bits per heavy atom. The summed E-state index contributed by atoms with van der Waals surface area (Å²) in [6, 6.07) is 5.54. The van der Waals surface area contributed by atoms with E-state index in [2.05, 4.69) is 17.9 Å². The number of unbranched alkanes of at least 4 members (excludes halogenated alkanes) is 1. The molecule has 24 heavy (non-hydrogen) atoms. The van der Waals surface area contributed by atoms with Crippen LogP contribution in [0.15, 0.2) is 23.0 Å². The van der Waals surface area contributed by atoms with Gasteiger partial charge in [0.15, 0.2) is 0 Å². The first-order chi connectivity index (χ1) is 11.6. The first-order valence-electron chi connectivity index (χ1n) is 9.02. The van der Waals surface area contributed by atoms with Crippen molar-refractivity contribution in [1.82, 2.24) is 9.47 Å². The van der Waals surface area contributed by atoms with Gasteiger partial charge < -0.3 is 9.67 Å². The number of aromatic nitrogens is 1. The second-order valence-electron chi connectivity index (χ2n) is 7.23. The van der Waals surface area contributed by atoms with Crippen molar-refractivity contribution in [2.45, 2.75) is 44.8 Å². The Labute approximate surface area is 146 Å². The highest BCUT2D eigenvalue weighted by molar-refractivity contribution is 7.85. The summed E-state index contributed by atoms with van der Waals surface area (Å²) >= 11 is 0. The molecule has 134 valence electrons. The van der Waals surface area contributed by atoms with Gasteiger partial charge in [0.1, 0.15) is 0 Å². The molecule has 1 aromatic heterocycles. The number of aliphatic hydroxyl groups is 1. The zero-order valence-corrected chi connectivity index (χ0v) is 15.2. The minimum absolute atomic E-state index is 0.0991. The molecule has 1 saturated heterocycles. The number of nitrogens with zero attached hydrogens (tertiary/aromatic N) is 2. The first-order valence-corrected chi connectivity index (χ1v) is 10.5. The van der Waals surface area contributed by atoms with Crippen LogP contribution >= 0.6 is 0 Å². The monoisotopic (exact) mass is 352 g/mol. The lowest BCUT2D eigenvalue weighted by atomic mass is 9.83. The summed E-state index contributed by atoms with van der Waals surface area (Å²) in [6.07, 6.45) is 2.59. The van der Waals surface area contributed by atoms with E-state index in [1.807, 2.05) is 10.6 Å². The highest BCUT2D eigenvalue weighted by Gasteiger charge is 2.34. The zero-order valence-electron chi connectivity index (χ0n) is 14.4. The molecule has 6 heteroatoms. The van der Waals surface area contributed by atoms with Gasteiger partial charge in [-0.2, -0.15) is 0 Å². The number of hydrogen-bond acceptors (Lipinski definition) is 4. The van der Waals surface area contributed by atoms with E-state index in [-0.39, 0.29) is 5.56 Å². The number of rotatable bonds is 7. The molecule has 3 heterocycles. The van der Waals surface area contributed by atoms with Crippen LogP contribution < -0.4 is 5.56 Å². The molecule has 2 bridgehead atoms. The van der Waals surface area contributed by atoms with Crippen LogP contribution in [0.1, 0.15) is 37.8 Å². The fourth-order valence-electron chi connectivity index (χ4n) is 4.10. The molecule has 1 aromatic rings. The minimum Gasteiger partial charge on any atom is -0.391 e. The van der Waals surface area contributed by atoms with Crippen molar-refractivity contribution >= 4 is 10.8 Å². The van der Waals surface area contributed by atoms with E-state index < -0.39 is 16.9 Å². The second-order valence-corrected chi connectivity index (χ2v) is 8.86. The van der Waals surface area contributed by atoms with Crippen molar-refractivity contribution in [2.75, 3.05) is 31.1 Å². The molecule has 0 spiro atoms.